The quantitative estimate of drug-likeness (QED) is 0.717. The van der Waals surface area contributed by atoms with Crippen LogP contribution in [0.1, 0.15) is 32.4 Å². The minimum atomic E-state index is -0.537. The minimum absolute atomic E-state index is 0.0211. The van der Waals surface area contributed by atoms with E-state index in [0.29, 0.717) is 11.6 Å². The van der Waals surface area contributed by atoms with Crippen LogP contribution in [0.3, 0.4) is 0 Å². The van der Waals surface area contributed by atoms with Gasteiger partial charge in [0.15, 0.2) is 0 Å². The summed E-state index contributed by atoms with van der Waals surface area (Å²) >= 11 is 5.83. The van der Waals surface area contributed by atoms with Crippen LogP contribution >= 0.6 is 11.6 Å². The maximum absolute atomic E-state index is 11.8. The van der Waals surface area contributed by atoms with Gasteiger partial charge >= 0.3 is 0 Å². The molecule has 3 N–H and O–H groups in total. The number of halogens is 1. The average Bonchev–Trinajstić information content (AvgIpc) is 2.45. The molecule has 0 saturated heterocycles. The molecule has 6 heteroatoms. The van der Waals surface area contributed by atoms with Crippen LogP contribution < -0.4 is 16.0 Å². The largest absolute Gasteiger partial charge is 0.355 e. The molecule has 0 fully saturated rings. The number of amides is 2. The van der Waals surface area contributed by atoms with Crippen LogP contribution in [0.5, 0.6) is 0 Å². The van der Waals surface area contributed by atoms with Crippen LogP contribution in [-0.4, -0.2) is 30.9 Å². The van der Waals surface area contributed by atoms with Crippen molar-refractivity contribution in [3.8, 4) is 0 Å². The van der Waals surface area contributed by atoms with E-state index in [-0.39, 0.29) is 24.4 Å². The molecule has 1 aromatic rings. The summed E-state index contributed by atoms with van der Waals surface area (Å²) in [6.45, 7) is 6.15. The number of carbonyl (C=O) groups is 2. The molecule has 5 nitrogen and oxygen atoms in total. The fraction of sp³-hybridized carbons (Fsp3) is 0.467. The molecule has 0 aliphatic rings. The molecular weight excluding hydrogens is 290 g/mol. The number of nitrogens with one attached hydrogen (secondary N) is 3. The number of hydrogen-bond acceptors (Lipinski definition) is 3. The topological polar surface area (TPSA) is 70.2 Å². The molecule has 0 unspecified atom stereocenters. The first-order valence-corrected chi connectivity index (χ1v) is 7.37. The maximum Gasteiger partial charge on any atom is 0.242 e. The van der Waals surface area contributed by atoms with Crippen molar-refractivity contribution in [3.05, 3.63) is 34.9 Å². The van der Waals surface area contributed by atoms with E-state index >= 15 is 0 Å². The average molecular weight is 312 g/mol. The summed E-state index contributed by atoms with van der Waals surface area (Å²) in [4.78, 5) is 23.3. The summed E-state index contributed by atoms with van der Waals surface area (Å²) in [6.07, 6.45) is 0. The molecule has 1 rings (SSSR count). The first kappa shape index (κ1) is 17.5. The van der Waals surface area contributed by atoms with Crippen molar-refractivity contribution in [3.63, 3.8) is 0 Å². The third-order valence-corrected chi connectivity index (χ3v) is 3.31. The molecule has 116 valence electrons. The van der Waals surface area contributed by atoms with Crippen LogP contribution in [0.4, 0.5) is 0 Å². The summed E-state index contributed by atoms with van der Waals surface area (Å²) in [6, 6.07) is 6.93. The van der Waals surface area contributed by atoms with Crippen molar-refractivity contribution in [2.75, 3.05) is 13.1 Å². The van der Waals surface area contributed by atoms with Crippen molar-refractivity contribution in [1.82, 2.24) is 16.0 Å². The Morgan fingerprint density at radius 2 is 1.81 bits per heavy atom. The second kappa shape index (κ2) is 8.64. The van der Waals surface area contributed by atoms with Crippen LogP contribution in [0, 0.1) is 0 Å². The molecule has 0 bridgehead atoms. The molecule has 2 atom stereocenters. The molecule has 0 saturated carbocycles. The van der Waals surface area contributed by atoms with Gasteiger partial charge in [-0.2, -0.15) is 0 Å². The first-order valence-electron chi connectivity index (χ1n) is 7.00. The van der Waals surface area contributed by atoms with Crippen LogP contribution in [0.2, 0.25) is 5.02 Å². The predicted molar refractivity (Wildman–Crippen MR) is 84.2 cm³/mol. The van der Waals surface area contributed by atoms with Crippen LogP contribution in [0.25, 0.3) is 0 Å². The molecule has 0 aromatic heterocycles. The first-order chi connectivity index (χ1) is 9.93. The summed E-state index contributed by atoms with van der Waals surface area (Å²) in [5.41, 5.74) is 1.05. The molecule has 0 aliphatic heterocycles. The van der Waals surface area contributed by atoms with Crippen molar-refractivity contribution < 1.29 is 9.59 Å². The molecule has 0 spiro atoms. The third kappa shape index (κ3) is 6.14. The van der Waals surface area contributed by atoms with E-state index in [2.05, 4.69) is 16.0 Å². The highest BCUT2D eigenvalue weighted by Crippen LogP contribution is 2.15. The Kier molecular flexibility index (Phi) is 7.19. The summed E-state index contributed by atoms with van der Waals surface area (Å²) < 4.78 is 0. The Hall–Kier alpha value is -1.59. The zero-order valence-corrected chi connectivity index (χ0v) is 13.3. The number of benzene rings is 1. The monoisotopic (exact) mass is 311 g/mol. The van der Waals surface area contributed by atoms with E-state index in [1.54, 1.807) is 6.92 Å². The zero-order valence-electron chi connectivity index (χ0n) is 12.6. The Labute approximate surface area is 130 Å². The Morgan fingerprint density at radius 1 is 1.19 bits per heavy atom. The van der Waals surface area contributed by atoms with Crippen molar-refractivity contribution in [2.24, 2.45) is 0 Å². The Bertz CT molecular complexity index is 476. The lowest BCUT2D eigenvalue weighted by molar-refractivity contribution is -0.128. The SMILES string of the molecule is CCNC(=O)[C@H](C)NC(=O)CN[C@H](C)c1ccc(Cl)cc1. The van der Waals surface area contributed by atoms with Gasteiger partial charge in [0.2, 0.25) is 11.8 Å². The van der Waals surface area contributed by atoms with E-state index in [9.17, 15) is 9.59 Å². The lowest BCUT2D eigenvalue weighted by Crippen LogP contribution is -2.47. The van der Waals surface area contributed by atoms with Gasteiger partial charge in [-0.3, -0.25) is 9.59 Å². The fourth-order valence-corrected chi connectivity index (χ4v) is 1.93. The summed E-state index contributed by atoms with van der Waals surface area (Å²) in [5.74, 6) is -0.397. The zero-order chi connectivity index (χ0) is 15.8. The van der Waals surface area contributed by atoms with Crippen LogP contribution in [0.15, 0.2) is 24.3 Å². The van der Waals surface area contributed by atoms with Gasteiger partial charge in [0.25, 0.3) is 0 Å². The Morgan fingerprint density at radius 3 is 2.38 bits per heavy atom. The number of likely N-dealkylation sites (N-methyl/N-ethyl adjacent to an activating group) is 1. The highest BCUT2D eigenvalue weighted by atomic mass is 35.5. The molecule has 2 amide bonds. The van der Waals surface area contributed by atoms with E-state index in [0.717, 1.165) is 5.56 Å². The minimum Gasteiger partial charge on any atom is -0.355 e. The van der Waals surface area contributed by atoms with Crippen molar-refractivity contribution in [2.45, 2.75) is 32.9 Å². The highest BCUT2D eigenvalue weighted by molar-refractivity contribution is 6.30. The third-order valence-electron chi connectivity index (χ3n) is 3.06. The molecular formula is C15H22ClN3O2. The van der Waals surface area contributed by atoms with Gasteiger partial charge in [-0.1, -0.05) is 23.7 Å². The second-order valence-corrected chi connectivity index (χ2v) is 5.27. The van der Waals surface area contributed by atoms with Crippen LogP contribution in [-0.2, 0) is 9.59 Å². The van der Waals surface area contributed by atoms with Crippen molar-refractivity contribution >= 4 is 23.4 Å². The van der Waals surface area contributed by atoms with Crippen molar-refractivity contribution in [1.29, 1.82) is 0 Å². The summed E-state index contributed by atoms with van der Waals surface area (Å²) in [5, 5.41) is 9.09. The van der Waals surface area contributed by atoms with E-state index in [4.69, 9.17) is 11.6 Å². The molecule has 0 heterocycles. The van der Waals surface area contributed by atoms with E-state index in [1.807, 2.05) is 38.1 Å². The molecule has 1 aromatic carbocycles. The van der Waals surface area contributed by atoms with E-state index in [1.165, 1.54) is 0 Å². The van der Waals surface area contributed by atoms with Gasteiger partial charge in [0, 0.05) is 17.6 Å². The van der Waals surface area contributed by atoms with E-state index < -0.39 is 6.04 Å². The number of hydrogen-bond donors (Lipinski definition) is 3. The summed E-state index contributed by atoms with van der Waals surface area (Å²) in [7, 11) is 0. The number of carbonyl (C=O) groups excluding carboxylic acids is 2. The fourth-order valence-electron chi connectivity index (χ4n) is 1.80. The van der Waals surface area contributed by atoms with Gasteiger partial charge in [-0.05, 0) is 38.5 Å². The number of rotatable bonds is 7. The highest BCUT2D eigenvalue weighted by Gasteiger charge is 2.15. The Balaban J connectivity index is 2.38. The molecule has 0 radical (unpaired) electrons. The maximum atomic E-state index is 11.8. The lowest BCUT2D eigenvalue weighted by atomic mass is 10.1. The van der Waals surface area contributed by atoms with Gasteiger partial charge in [-0.25, -0.2) is 0 Å². The molecule has 21 heavy (non-hydrogen) atoms. The predicted octanol–water partition coefficient (Wildman–Crippen LogP) is 1.63. The van der Waals surface area contributed by atoms with Gasteiger partial charge in [0.05, 0.1) is 6.54 Å². The van der Waals surface area contributed by atoms with Gasteiger partial charge < -0.3 is 16.0 Å². The van der Waals surface area contributed by atoms with Gasteiger partial charge in [0.1, 0.15) is 6.04 Å². The smallest absolute Gasteiger partial charge is 0.242 e. The standard InChI is InChI=1S/C15H22ClN3O2/c1-4-17-15(21)11(3)19-14(20)9-18-10(2)12-5-7-13(16)8-6-12/h5-8,10-11,18H,4,9H2,1-3H3,(H,17,21)(H,19,20)/t10-,11+/m1/s1. The normalized spacial score (nSPS) is 13.3. The van der Waals surface area contributed by atoms with Gasteiger partial charge in [-0.15, -0.1) is 0 Å². The molecule has 0 aliphatic carbocycles. The second-order valence-electron chi connectivity index (χ2n) is 4.84. The lowest BCUT2D eigenvalue weighted by Gasteiger charge is -2.16.